The van der Waals surface area contributed by atoms with E-state index in [9.17, 15) is 14.4 Å². The van der Waals surface area contributed by atoms with Crippen LogP contribution < -0.4 is 25.6 Å². The van der Waals surface area contributed by atoms with Crippen LogP contribution in [-0.4, -0.2) is 37.0 Å². The number of hydrogen-bond donors (Lipinski definition) is 3. The molecule has 0 heterocycles. The number of carbonyl (C=O) groups is 3. The van der Waals surface area contributed by atoms with Gasteiger partial charge in [-0.25, -0.2) is 0 Å². The normalized spacial score (nSPS) is 11.7. The number of amides is 3. The summed E-state index contributed by atoms with van der Waals surface area (Å²) < 4.78 is 10.8. The Hall–Kier alpha value is -2.77. The van der Waals surface area contributed by atoms with Gasteiger partial charge in [-0.3, -0.25) is 25.2 Å². The molecule has 0 spiro atoms. The first-order valence-corrected chi connectivity index (χ1v) is 8.37. The number of nitrogens with one attached hydrogen (secondary N) is 3. The average molecular weight is 365 g/mol. The molecule has 1 atom stereocenters. The number of carbonyl (C=O) groups excluding carboxylic acids is 3. The van der Waals surface area contributed by atoms with Crippen molar-refractivity contribution in [3.05, 3.63) is 23.8 Å². The second-order valence-electron chi connectivity index (χ2n) is 6.40. The second kappa shape index (κ2) is 9.65. The van der Waals surface area contributed by atoms with E-state index < -0.39 is 17.9 Å². The van der Waals surface area contributed by atoms with Gasteiger partial charge in [-0.2, -0.15) is 0 Å². The van der Waals surface area contributed by atoms with Crippen molar-refractivity contribution in [2.45, 2.75) is 46.8 Å². The molecule has 1 aromatic carbocycles. The minimum Gasteiger partial charge on any atom is -0.493 e. The first kappa shape index (κ1) is 21.3. The third kappa shape index (κ3) is 6.27. The van der Waals surface area contributed by atoms with E-state index in [1.807, 2.05) is 13.8 Å². The Morgan fingerprint density at radius 2 is 1.65 bits per heavy atom. The van der Waals surface area contributed by atoms with Crippen LogP contribution in [0.2, 0.25) is 0 Å². The summed E-state index contributed by atoms with van der Waals surface area (Å²) in [5.74, 6) is -0.544. The van der Waals surface area contributed by atoms with E-state index in [1.54, 1.807) is 26.0 Å². The Balaban J connectivity index is 2.78. The van der Waals surface area contributed by atoms with E-state index in [2.05, 4.69) is 16.2 Å². The highest BCUT2D eigenvalue weighted by Crippen LogP contribution is 2.28. The molecule has 0 saturated heterocycles. The Kier molecular flexibility index (Phi) is 7.89. The van der Waals surface area contributed by atoms with E-state index in [0.29, 0.717) is 17.1 Å². The van der Waals surface area contributed by atoms with Crippen LogP contribution in [0.3, 0.4) is 0 Å². The van der Waals surface area contributed by atoms with E-state index >= 15 is 0 Å². The van der Waals surface area contributed by atoms with E-state index in [0.717, 1.165) is 0 Å². The van der Waals surface area contributed by atoms with E-state index in [1.165, 1.54) is 20.1 Å². The fraction of sp³-hybridized carbons (Fsp3) is 0.500. The Morgan fingerprint density at radius 3 is 2.15 bits per heavy atom. The van der Waals surface area contributed by atoms with Crippen molar-refractivity contribution in [2.24, 2.45) is 5.92 Å². The van der Waals surface area contributed by atoms with Crippen molar-refractivity contribution in [1.29, 1.82) is 0 Å². The van der Waals surface area contributed by atoms with Gasteiger partial charge >= 0.3 is 0 Å². The summed E-state index contributed by atoms with van der Waals surface area (Å²) in [7, 11) is 1.48. The van der Waals surface area contributed by atoms with Gasteiger partial charge in [-0.1, -0.05) is 13.8 Å². The van der Waals surface area contributed by atoms with Gasteiger partial charge in [-0.15, -0.1) is 0 Å². The van der Waals surface area contributed by atoms with Crippen LogP contribution in [0.5, 0.6) is 11.5 Å². The van der Waals surface area contributed by atoms with E-state index in [-0.39, 0.29) is 17.9 Å². The largest absolute Gasteiger partial charge is 0.493 e. The molecule has 0 saturated carbocycles. The lowest BCUT2D eigenvalue weighted by atomic mass is 10.0. The van der Waals surface area contributed by atoms with Gasteiger partial charge in [0, 0.05) is 12.5 Å². The summed E-state index contributed by atoms with van der Waals surface area (Å²) in [4.78, 5) is 35.6. The number of hydrazine groups is 1. The highest BCUT2D eigenvalue weighted by Gasteiger charge is 2.23. The number of benzene rings is 1. The van der Waals surface area contributed by atoms with Crippen LogP contribution in [0, 0.1) is 5.92 Å². The first-order chi connectivity index (χ1) is 12.1. The highest BCUT2D eigenvalue weighted by molar-refractivity contribution is 5.96. The minimum atomic E-state index is -0.746. The van der Waals surface area contributed by atoms with Crippen molar-refractivity contribution in [2.75, 3.05) is 7.11 Å². The van der Waals surface area contributed by atoms with E-state index in [4.69, 9.17) is 9.47 Å². The van der Waals surface area contributed by atoms with Crippen LogP contribution in [-0.2, 0) is 9.59 Å². The Morgan fingerprint density at radius 1 is 1.00 bits per heavy atom. The maximum Gasteiger partial charge on any atom is 0.269 e. The third-order valence-electron chi connectivity index (χ3n) is 3.40. The molecule has 0 aromatic heterocycles. The average Bonchev–Trinajstić information content (AvgIpc) is 2.56. The van der Waals surface area contributed by atoms with Crippen LogP contribution in [0.25, 0.3) is 0 Å². The molecule has 3 amide bonds. The zero-order valence-electron chi connectivity index (χ0n) is 16.0. The smallest absolute Gasteiger partial charge is 0.269 e. The molecule has 0 bridgehead atoms. The number of methoxy groups -OCH3 is 1. The van der Waals surface area contributed by atoms with Crippen LogP contribution >= 0.6 is 0 Å². The van der Waals surface area contributed by atoms with Crippen LogP contribution in [0.15, 0.2) is 18.2 Å². The molecular formula is C18H27N3O5. The zero-order chi connectivity index (χ0) is 19.9. The quantitative estimate of drug-likeness (QED) is 0.634. The molecule has 0 aliphatic heterocycles. The van der Waals surface area contributed by atoms with Gasteiger partial charge in [0.1, 0.15) is 6.04 Å². The molecule has 1 aromatic rings. The monoisotopic (exact) mass is 365 g/mol. The van der Waals surface area contributed by atoms with Crippen molar-refractivity contribution in [1.82, 2.24) is 16.2 Å². The summed E-state index contributed by atoms with van der Waals surface area (Å²) in [6.07, 6.45) is -0.0374. The standard InChI is InChI=1S/C18H27N3O5/c1-10(2)16(19-12(5)22)18(24)21-20-17(23)13-7-8-14(26-11(3)4)15(9-13)25-6/h7-11,16H,1-6H3,(H,19,22)(H,20,23)(H,21,24)/t16-/m1/s1. The van der Waals surface area contributed by atoms with Crippen molar-refractivity contribution in [3.63, 3.8) is 0 Å². The molecule has 8 heteroatoms. The van der Waals surface area contributed by atoms with Gasteiger partial charge in [0.25, 0.3) is 11.8 Å². The van der Waals surface area contributed by atoms with Gasteiger partial charge < -0.3 is 14.8 Å². The number of ether oxygens (including phenoxy) is 2. The van der Waals surface area contributed by atoms with Gasteiger partial charge in [0.05, 0.1) is 13.2 Å². The first-order valence-electron chi connectivity index (χ1n) is 8.37. The fourth-order valence-corrected chi connectivity index (χ4v) is 2.18. The molecule has 144 valence electrons. The lowest BCUT2D eigenvalue weighted by molar-refractivity contribution is -0.129. The molecule has 0 aliphatic carbocycles. The minimum absolute atomic E-state index is 0.0374. The fourth-order valence-electron chi connectivity index (χ4n) is 2.18. The Labute approximate surface area is 153 Å². The molecule has 1 rings (SSSR count). The number of rotatable bonds is 7. The predicted octanol–water partition coefficient (Wildman–Crippen LogP) is 1.40. The lowest BCUT2D eigenvalue weighted by Crippen LogP contribution is -2.54. The topological polar surface area (TPSA) is 106 Å². The molecule has 0 radical (unpaired) electrons. The molecule has 26 heavy (non-hydrogen) atoms. The highest BCUT2D eigenvalue weighted by atomic mass is 16.5. The Bertz CT molecular complexity index is 658. The summed E-state index contributed by atoms with van der Waals surface area (Å²) in [6.45, 7) is 8.68. The maximum absolute atomic E-state index is 12.3. The van der Waals surface area contributed by atoms with Crippen molar-refractivity contribution < 1.29 is 23.9 Å². The van der Waals surface area contributed by atoms with Crippen LogP contribution in [0.4, 0.5) is 0 Å². The van der Waals surface area contributed by atoms with Crippen molar-refractivity contribution in [3.8, 4) is 11.5 Å². The molecule has 0 aliphatic rings. The van der Waals surface area contributed by atoms with Gasteiger partial charge in [0.2, 0.25) is 5.91 Å². The molecular weight excluding hydrogens is 338 g/mol. The summed E-state index contributed by atoms with van der Waals surface area (Å²) in [6, 6.07) is 3.97. The molecule has 8 nitrogen and oxygen atoms in total. The second-order valence-corrected chi connectivity index (χ2v) is 6.40. The SMILES string of the molecule is COc1cc(C(=O)NNC(=O)[C@H](NC(C)=O)C(C)C)ccc1OC(C)C. The maximum atomic E-state index is 12.3. The van der Waals surface area contributed by atoms with Gasteiger partial charge in [0.15, 0.2) is 11.5 Å². The van der Waals surface area contributed by atoms with Gasteiger partial charge in [-0.05, 0) is 38.0 Å². The summed E-state index contributed by atoms with van der Waals surface area (Å²) in [5, 5.41) is 2.55. The summed E-state index contributed by atoms with van der Waals surface area (Å²) >= 11 is 0. The van der Waals surface area contributed by atoms with Crippen molar-refractivity contribution >= 4 is 17.7 Å². The summed E-state index contributed by atoms with van der Waals surface area (Å²) in [5.41, 5.74) is 4.95. The number of hydrogen-bond acceptors (Lipinski definition) is 5. The predicted molar refractivity (Wildman–Crippen MR) is 96.8 cm³/mol. The lowest BCUT2D eigenvalue weighted by Gasteiger charge is -2.21. The van der Waals surface area contributed by atoms with Crippen LogP contribution in [0.1, 0.15) is 45.0 Å². The zero-order valence-corrected chi connectivity index (χ0v) is 16.0. The molecule has 0 fully saturated rings. The molecule has 3 N–H and O–H groups in total. The molecule has 0 unspecified atom stereocenters. The third-order valence-corrected chi connectivity index (χ3v) is 3.40.